The maximum Gasteiger partial charge on any atom is 0.266 e. The summed E-state index contributed by atoms with van der Waals surface area (Å²) >= 11 is 7.43. The molecule has 0 radical (unpaired) electrons. The highest BCUT2D eigenvalue weighted by Gasteiger charge is 2.33. The molecule has 2 aromatic carbocycles. The first-order valence-corrected chi connectivity index (χ1v) is 11.2. The monoisotopic (exact) mass is 422 g/mol. The molecule has 5 heteroatoms. The van der Waals surface area contributed by atoms with Crippen molar-refractivity contribution >= 4 is 46.2 Å². The van der Waals surface area contributed by atoms with Gasteiger partial charge in [-0.25, -0.2) is 4.99 Å². The van der Waals surface area contributed by atoms with E-state index in [0.717, 1.165) is 35.7 Å². The summed E-state index contributed by atoms with van der Waals surface area (Å²) in [6.07, 6.45) is 10.0. The van der Waals surface area contributed by atoms with Crippen molar-refractivity contribution in [1.82, 2.24) is 4.90 Å². The molecule has 0 aromatic heterocycles. The van der Waals surface area contributed by atoms with Gasteiger partial charge in [0.2, 0.25) is 0 Å². The Morgan fingerprint density at radius 2 is 1.86 bits per heavy atom. The summed E-state index contributed by atoms with van der Waals surface area (Å²) < 4.78 is 0. The molecule has 0 N–H and O–H groups in total. The molecule has 29 heavy (non-hydrogen) atoms. The number of rotatable bonds is 5. The van der Waals surface area contributed by atoms with E-state index < -0.39 is 0 Å². The fourth-order valence-corrected chi connectivity index (χ4v) is 4.65. The zero-order valence-electron chi connectivity index (χ0n) is 16.2. The molecule has 1 heterocycles. The lowest BCUT2D eigenvalue weighted by Crippen LogP contribution is -2.30. The molecule has 148 valence electrons. The lowest BCUT2D eigenvalue weighted by Gasteiger charge is -2.18. The van der Waals surface area contributed by atoms with E-state index in [4.69, 9.17) is 16.6 Å². The van der Waals surface area contributed by atoms with E-state index in [2.05, 4.69) is 6.08 Å². The van der Waals surface area contributed by atoms with Crippen LogP contribution in [0.5, 0.6) is 0 Å². The van der Waals surface area contributed by atoms with Crippen LogP contribution in [0.3, 0.4) is 0 Å². The fraction of sp³-hybridized carbons (Fsp3) is 0.250. The largest absolute Gasteiger partial charge is 0.286 e. The molecule has 1 fully saturated rings. The van der Waals surface area contributed by atoms with E-state index in [9.17, 15) is 4.79 Å². The number of halogens is 1. The van der Waals surface area contributed by atoms with Crippen LogP contribution in [0.1, 0.15) is 37.7 Å². The first-order chi connectivity index (χ1) is 14.2. The third-order valence-electron chi connectivity index (χ3n) is 5.08. The molecular formula is C24H23ClN2OS. The first-order valence-electron chi connectivity index (χ1n) is 9.98. The molecule has 1 aliphatic heterocycles. The SMILES string of the molecule is O=C1/C(=C\c2ccc(Cl)cc2)SC(=Nc2ccccc2)N1CCC1=CCCCC1. The molecule has 0 bridgehead atoms. The Kier molecular flexibility index (Phi) is 6.53. The van der Waals surface area contributed by atoms with Crippen LogP contribution in [-0.4, -0.2) is 22.5 Å². The standard InChI is InChI=1S/C24H23ClN2OS/c25-20-13-11-19(12-14-20)17-22-23(28)27(16-15-18-7-3-1-4-8-18)24(29-22)26-21-9-5-2-6-10-21/h2,5-7,9-14,17H,1,3-4,8,15-16H2/b22-17+,26-24?. The Hall–Kier alpha value is -2.30. The van der Waals surface area contributed by atoms with Gasteiger partial charge in [-0.3, -0.25) is 9.69 Å². The Balaban J connectivity index is 1.59. The van der Waals surface area contributed by atoms with Crippen molar-refractivity contribution in [3.05, 3.63) is 81.7 Å². The second kappa shape index (κ2) is 9.47. The molecule has 3 nitrogen and oxygen atoms in total. The van der Waals surface area contributed by atoms with Crippen molar-refractivity contribution in [3.63, 3.8) is 0 Å². The number of hydrogen-bond donors (Lipinski definition) is 0. The molecule has 2 aromatic rings. The summed E-state index contributed by atoms with van der Waals surface area (Å²) in [5.74, 6) is 0.0241. The second-order valence-electron chi connectivity index (χ2n) is 7.21. The number of carbonyl (C=O) groups excluding carboxylic acids is 1. The average molecular weight is 423 g/mol. The van der Waals surface area contributed by atoms with E-state index in [-0.39, 0.29) is 5.91 Å². The van der Waals surface area contributed by atoms with Gasteiger partial charge in [0.15, 0.2) is 5.17 Å². The number of allylic oxidation sites excluding steroid dienone is 1. The molecule has 0 spiro atoms. The van der Waals surface area contributed by atoms with E-state index in [0.29, 0.717) is 16.5 Å². The highest BCUT2D eigenvalue weighted by atomic mass is 35.5. The molecule has 1 aliphatic carbocycles. The minimum absolute atomic E-state index is 0.0241. The van der Waals surface area contributed by atoms with Gasteiger partial charge in [0.1, 0.15) is 0 Å². The smallest absolute Gasteiger partial charge is 0.266 e. The highest BCUT2D eigenvalue weighted by Crippen LogP contribution is 2.35. The number of benzene rings is 2. The summed E-state index contributed by atoms with van der Waals surface area (Å²) in [7, 11) is 0. The normalized spacial score (nSPS) is 19.8. The predicted molar refractivity (Wildman–Crippen MR) is 123 cm³/mol. The van der Waals surface area contributed by atoms with Gasteiger partial charge < -0.3 is 0 Å². The van der Waals surface area contributed by atoms with E-state index in [1.807, 2.05) is 65.6 Å². The average Bonchev–Trinajstić information content (AvgIpc) is 3.04. The first kappa shape index (κ1) is 20.0. The van der Waals surface area contributed by atoms with Crippen LogP contribution in [0.25, 0.3) is 6.08 Å². The van der Waals surface area contributed by atoms with Crippen LogP contribution in [0.2, 0.25) is 5.02 Å². The van der Waals surface area contributed by atoms with Crippen molar-refractivity contribution < 1.29 is 4.79 Å². The zero-order chi connectivity index (χ0) is 20.1. The van der Waals surface area contributed by atoms with Crippen LogP contribution in [0, 0.1) is 0 Å². The molecule has 2 aliphatic rings. The maximum atomic E-state index is 13.2. The van der Waals surface area contributed by atoms with Crippen LogP contribution in [-0.2, 0) is 4.79 Å². The van der Waals surface area contributed by atoms with Crippen LogP contribution in [0.4, 0.5) is 5.69 Å². The number of hydrogen-bond acceptors (Lipinski definition) is 3. The summed E-state index contributed by atoms with van der Waals surface area (Å²) in [5.41, 5.74) is 3.28. The van der Waals surface area contributed by atoms with Crippen molar-refractivity contribution in [2.75, 3.05) is 6.54 Å². The topological polar surface area (TPSA) is 32.7 Å². The van der Waals surface area contributed by atoms with Crippen LogP contribution >= 0.6 is 23.4 Å². The molecule has 0 atom stereocenters. The maximum absolute atomic E-state index is 13.2. The minimum atomic E-state index is 0.0241. The van der Waals surface area contributed by atoms with Crippen LogP contribution < -0.4 is 0 Å². The van der Waals surface area contributed by atoms with Crippen molar-refractivity contribution in [2.24, 2.45) is 4.99 Å². The Labute approximate surface area is 181 Å². The van der Waals surface area contributed by atoms with Crippen LogP contribution in [0.15, 0.2) is 76.1 Å². The number of para-hydroxylation sites is 1. The molecule has 0 saturated carbocycles. The van der Waals surface area contributed by atoms with E-state index >= 15 is 0 Å². The molecular weight excluding hydrogens is 400 g/mol. The number of amidine groups is 1. The second-order valence-corrected chi connectivity index (χ2v) is 8.65. The summed E-state index contributed by atoms with van der Waals surface area (Å²) in [4.78, 5) is 20.4. The van der Waals surface area contributed by atoms with Gasteiger partial charge in [0.25, 0.3) is 5.91 Å². The van der Waals surface area contributed by atoms with E-state index in [1.165, 1.54) is 30.2 Å². The lowest BCUT2D eigenvalue weighted by atomic mass is 9.97. The third kappa shape index (κ3) is 5.20. The summed E-state index contributed by atoms with van der Waals surface area (Å²) in [5, 5.41) is 1.43. The zero-order valence-corrected chi connectivity index (χ0v) is 17.8. The van der Waals surface area contributed by atoms with Crippen molar-refractivity contribution in [1.29, 1.82) is 0 Å². The Morgan fingerprint density at radius 3 is 2.59 bits per heavy atom. The molecule has 0 unspecified atom stereocenters. The predicted octanol–water partition coefficient (Wildman–Crippen LogP) is 6.83. The molecule has 4 rings (SSSR count). The van der Waals surface area contributed by atoms with Gasteiger partial charge in [-0.05, 0) is 79.8 Å². The van der Waals surface area contributed by atoms with Gasteiger partial charge in [0.05, 0.1) is 10.6 Å². The van der Waals surface area contributed by atoms with Crippen molar-refractivity contribution in [2.45, 2.75) is 32.1 Å². The van der Waals surface area contributed by atoms with E-state index in [1.54, 1.807) is 0 Å². The Bertz CT molecular complexity index is 964. The number of thioether (sulfide) groups is 1. The van der Waals surface area contributed by atoms with Crippen molar-refractivity contribution in [3.8, 4) is 0 Å². The van der Waals surface area contributed by atoms with Gasteiger partial charge >= 0.3 is 0 Å². The number of carbonyl (C=O) groups is 1. The number of aliphatic imine (C=N–C) groups is 1. The summed E-state index contributed by atoms with van der Waals surface area (Å²) in [6.45, 7) is 0.668. The quantitative estimate of drug-likeness (QED) is 0.390. The third-order valence-corrected chi connectivity index (χ3v) is 6.34. The fourth-order valence-electron chi connectivity index (χ4n) is 3.50. The number of amides is 1. The molecule has 1 saturated heterocycles. The minimum Gasteiger partial charge on any atom is -0.286 e. The Morgan fingerprint density at radius 1 is 1.07 bits per heavy atom. The lowest BCUT2D eigenvalue weighted by molar-refractivity contribution is -0.122. The number of nitrogens with zero attached hydrogens (tertiary/aromatic N) is 2. The van der Waals surface area contributed by atoms with Gasteiger partial charge in [-0.1, -0.05) is 53.6 Å². The molecule has 1 amide bonds. The van der Waals surface area contributed by atoms with Gasteiger partial charge in [0, 0.05) is 11.6 Å². The van der Waals surface area contributed by atoms with Gasteiger partial charge in [-0.2, -0.15) is 0 Å². The summed E-state index contributed by atoms with van der Waals surface area (Å²) in [6, 6.07) is 17.3. The highest BCUT2D eigenvalue weighted by molar-refractivity contribution is 8.18. The van der Waals surface area contributed by atoms with Gasteiger partial charge in [-0.15, -0.1) is 0 Å².